The highest BCUT2D eigenvalue weighted by Crippen LogP contribution is 2.34. The summed E-state index contributed by atoms with van der Waals surface area (Å²) in [4.78, 5) is 12.7. The summed E-state index contributed by atoms with van der Waals surface area (Å²) in [5, 5.41) is 11.7. The Labute approximate surface area is 126 Å². The minimum Gasteiger partial charge on any atom is -0.317 e. The lowest BCUT2D eigenvalue weighted by molar-refractivity contribution is 0.0830. The van der Waals surface area contributed by atoms with E-state index in [4.69, 9.17) is 0 Å². The third-order valence-electron chi connectivity index (χ3n) is 4.99. The molecule has 1 aromatic rings. The molecule has 2 unspecified atom stereocenters. The van der Waals surface area contributed by atoms with Crippen molar-refractivity contribution >= 4 is 5.78 Å². The van der Waals surface area contributed by atoms with Crippen molar-refractivity contribution in [3.8, 4) is 0 Å². The number of rotatable bonds is 3. The first-order valence-electron chi connectivity index (χ1n) is 8.30. The minimum absolute atomic E-state index is 0.141. The van der Waals surface area contributed by atoms with Crippen LogP contribution >= 0.6 is 0 Å². The first-order valence-corrected chi connectivity index (χ1v) is 8.30. The summed E-state index contributed by atoms with van der Waals surface area (Å²) < 4.78 is 1.91. The third-order valence-corrected chi connectivity index (χ3v) is 4.99. The molecule has 116 valence electrons. The lowest BCUT2D eigenvalue weighted by Crippen LogP contribution is -2.29. The zero-order chi connectivity index (χ0) is 14.8. The Morgan fingerprint density at radius 2 is 1.86 bits per heavy atom. The first-order chi connectivity index (χ1) is 10.1. The highest BCUT2D eigenvalue weighted by Gasteiger charge is 2.31. The van der Waals surface area contributed by atoms with Crippen LogP contribution in [0.3, 0.4) is 0 Å². The van der Waals surface area contributed by atoms with Crippen LogP contribution in [0.5, 0.6) is 0 Å². The zero-order valence-corrected chi connectivity index (χ0v) is 13.1. The summed E-state index contributed by atoms with van der Waals surface area (Å²) in [7, 11) is 0. The van der Waals surface area contributed by atoms with Crippen molar-refractivity contribution in [3.05, 3.63) is 11.9 Å². The van der Waals surface area contributed by atoms with Crippen LogP contribution in [-0.2, 0) is 0 Å². The van der Waals surface area contributed by atoms with Gasteiger partial charge in [-0.15, -0.1) is 5.10 Å². The standard InChI is InChI=1S/C16H26N4O/c1-11-7-12(2)9-13(8-11)16(21)15-10-20(19-18-15)14-3-5-17-6-4-14/h10-14,17H,3-9H2,1-2H3. The normalized spacial score (nSPS) is 31.2. The van der Waals surface area contributed by atoms with Gasteiger partial charge in [-0.1, -0.05) is 19.1 Å². The maximum Gasteiger partial charge on any atom is 0.187 e. The number of aromatic nitrogens is 3. The Bertz CT molecular complexity index is 482. The first kappa shape index (κ1) is 14.7. The van der Waals surface area contributed by atoms with Crippen molar-refractivity contribution in [2.24, 2.45) is 17.8 Å². The molecular weight excluding hydrogens is 264 g/mol. The van der Waals surface area contributed by atoms with Crippen molar-refractivity contribution in [1.82, 2.24) is 20.3 Å². The predicted octanol–water partition coefficient (Wildman–Crippen LogP) is 2.46. The molecule has 5 nitrogen and oxygen atoms in total. The molecule has 1 aliphatic heterocycles. The van der Waals surface area contributed by atoms with Crippen molar-refractivity contribution in [2.45, 2.75) is 52.0 Å². The number of nitrogens with one attached hydrogen (secondary N) is 1. The van der Waals surface area contributed by atoms with Crippen molar-refractivity contribution < 1.29 is 4.79 Å². The monoisotopic (exact) mass is 290 g/mol. The van der Waals surface area contributed by atoms with Gasteiger partial charge < -0.3 is 5.32 Å². The molecule has 0 bridgehead atoms. The summed E-state index contributed by atoms with van der Waals surface area (Å²) in [6.07, 6.45) is 7.25. The van der Waals surface area contributed by atoms with E-state index in [2.05, 4.69) is 29.5 Å². The van der Waals surface area contributed by atoms with Gasteiger partial charge in [0, 0.05) is 5.92 Å². The summed E-state index contributed by atoms with van der Waals surface area (Å²) in [6.45, 7) is 6.54. The molecule has 0 spiro atoms. The topological polar surface area (TPSA) is 59.8 Å². The van der Waals surface area contributed by atoms with E-state index in [-0.39, 0.29) is 11.7 Å². The molecular formula is C16H26N4O. The van der Waals surface area contributed by atoms with Gasteiger partial charge in [-0.3, -0.25) is 4.79 Å². The molecule has 3 rings (SSSR count). The lowest BCUT2D eigenvalue weighted by atomic mass is 9.74. The zero-order valence-electron chi connectivity index (χ0n) is 13.1. The van der Waals surface area contributed by atoms with Crippen molar-refractivity contribution in [1.29, 1.82) is 0 Å². The number of Topliss-reactive ketones (excluding diaryl/α,β-unsaturated/α-hetero) is 1. The van der Waals surface area contributed by atoms with Crippen LogP contribution in [0.25, 0.3) is 0 Å². The highest BCUT2D eigenvalue weighted by molar-refractivity contribution is 5.95. The Hall–Kier alpha value is -1.23. The molecule has 2 aliphatic rings. The number of ketones is 1. The molecule has 1 aromatic heterocycles. The molecule has 1 saturated heterocycles. The molecule has 21 heavy (non-hydrogen) atoms. The maximum absolute atomic E-state index is 12.7. The van der Waals surface area contributed by atoms with Gasteiger partial charge in [0.2, 0.25) is 0 Å². The Balaban J connectivity index is 1.68. The lowest BCUT2D eigenvalue weighted by Gasteiger charge is -2.29. The fraction of sp³-hybridized carbons (Fsp3) is 0.812. The van der Waals surface area contributed by atoms with Crippen LogP contribution in [0, 0.1) is 17.8 Å². The van der Waals surface area contributed by atoms with Crippen LogP contribution < -0.4 is 5.32 Å². The molecule has 0 aromatic carbocycles. The van der Waals surface area contributed by atoms with Gasteiger partial charge in [0.05, 0.1) is 12.2 Å². The molecule has 1 N–H and O–H groups in total. The highest BCUT2D eigenvalue weighted by atomic mass is 16.1. The molecule has 1 aliphatic carbocycles. The number of carbonyl (C=O) groups is 1. The second-order valence-corrected chi connectivity index (χ2v) is 7.04. The summed E-state index contributed by atoms with van der Waals surface area (Å²) in [5.41, 5.74) is 0.569. The quantitative estimate of drug-likeness (QED) is 0.869. The number of hydrogen-bond donors (Lipinski definition) is 1. The van der Waals surface area contributed by atoms with E-state index in [0.717, 1.165) is 38.8 Å². The van der Waals surface area contributed by atoms with Gasteiger partial charge in [0.15, 0.2) is 5.78 Å². The second kappa shape index (κ2) is 6.26. The Morgan fingerprint density at radius 3 is 2.52 bits per heavy atom. The summed E-state index contributed by atoms with van der Waals surface area (Å²) in [5.74, 6) is 1.62. The molecule has 2 heterocycles. The van der Waals surface area contributed by atoms with Crippen molar-refractivity contribution in [2.75, 3.05) is 13.1 Å². The fourth-order valence-corrected chi connectivity index (χ4v) is 4.01. The Morgan fingerprint density at radius 1 is 1.19 bits per heavy atom. The van der Waals surface area contributed by atoms with Gasteiger partial charge in [-0.2, -0.15) is 0 Å². The van der Waals surface area contributed by atoms with E-state index in [1.165, 1.54) is 6.42 Å². The van der Waals surface area contributed by atoms with E-state index in [1.54, 1.807) is 0 Å². The van der Waals surface area contributed by atoms with Gasteiger partial charge >= 0.3 is 0 Å². The second-order valence-electron chi connectivity index (χ2n) is 7.04. The van der Waals surface area contributed by atoms with Crippen LogP contribution in [0.1, 0.15) is 62.5 Å². The van der Waals surface area contributed by atoms with Gasteiger partial charge in [0.25, 0.3) is 0 Å². The molecule has 0 amide bonds. The van der Waals surface area contributed by atoms with Crippen molar-refractivity contribution in [3.63, 3.8) is 0 Å². The van der Waals surface area contributed by atoms with Gasteiger partial charge in [-0.25, -0.2) is 4.68 Å². The predicted molar refractivity (Wildman–Crippen MR) is 81.2 cm³/mol. The molecule has 1 saturated carbocycles. The summed E-state index contributed by atoms with van der Waals surface area (Å²) in [6, 6.07) is 0.393. The molecule has 5 heteroatoms. The summed E-state index contributed by atoms with van der Waals surface area (Å²) >= 11 is 0. The van der Waals surface area contributed by atoms with Crippen LogP contribution in [0.4, 0.5) is 0 Å². The average molecular weight is 290 g/mol. The number of piperidine rings is 1. The number of hydrogen-bond acceptors (Lipinski definition) is 4. The van der Waals surface area contributed by atoms with Crippen LogP contribution in [0.15, 0.2) is 6.20 Å². The third kappa shape index (κ3) is 3.34. The minimum atomic E-state index is 0.141. The van der Waals surface area contributed by atoms with Gasteiger partial charge in [0.1, 0.15) is 5.69 Å². The molecule has 0 radical (unpaired) electrons. The largest absolute Gasteiger partial charge is 0.317 e. The molecule has 2 atom stereocenters. The maximum atomic E-state index is 12.7. The van der Waals surface area contributed by atoms with Crippen LogP contribution in [0.2, 0.25) is 0 Å². The SMILES string of the molecule is CC1CC(C)CC(C(=O)c2cn(C3CCNCC3)nn2)C1. The Kier molecular flexibility index (Phi) is 4.38. The average Bonchev–Trinajstić information content (AvgIpc) is 2.96. The van der Waals surface area contributed by atoms with E-state index >= 15 is 0 Å². The van der Waals surface area contributed by atoms with E-state index in [9.17, 15) is 4.79 Å². The smallest absolute Gasteiger partial charge is 0.187 e. The molecule has 2 fully saturated rings. The van der Waals surface area contributed by atoms with E-state index in [0.29, 0.717) is 23.6 Å². The van der Waals surface area contributed by atoms with E-state index < -0.39 is 0 Å². The number of carbonyl (C=O) groups excluding carboxylic acids is 1. The fourth-order valence-electron chi connectivity index (χ4n) is 4.01. The van der Waals surface area contributed by atoms with E-state index in [1.807, 2.05) is 10.9 Å². The van der Waals surface area contributed by atoms with Crippen LogP contribution in [-0.4, -0.2) is 33.9 Å². The number of nitrogens with zero attached hydrogens (tertiary/aromatic N) is 3. The van der Waals surface area contributed by atoms with Gasteiger partial charge in [-0.05, 0) is 57.0 Å².